The number of aryl methyl sites for hydroxylation is 1. The van der Waals surface area contributed by atoms with Crippen molar-refractivity contribution in [2.45, 2.75) is 43.7 Å². The molecule has 0 aliphatic carbocycles. The van der Waals surface area contributed by atoms with Crippen LogP contribution in [0.2, 0.25) is 0 Å². The summed E-state index contributed by atoms with van der Waals surface area (Å²) in [6.07, 6.45) is 2.57. The Morgan fingerprint density at radius 2 is 2.00 bits per heavy atom. The van der Waals surface area contributed by atoms with Crippen molar-refractivity contribution in [3.05, 3.63) is 58.8 Å². The van der Waals surface area contributed by atoms with Crippen molar-refractivity contribution in [2.75, 3.05) is 37.8 Å². The molecule has 0 spiro atoms. The Hall–Kier alpha value is -2.86. The lowest BCUT2D eigenvalue weighted by molar-refractivity contribution is 0.0265. The molecule has 0 amide bonds. The number of hydrogen-bond donors (Lipinski definition) is 0. The number of rotatable bonds is 4. The van der Waals surface area contributed by atoms with Gasteiger partial charge in [-0.1, -0.05) is 36.4 Å². The minimum Gasteiger partial charge on any atom is -0.368 e. The molecule has 3 aromatic rings. The predicted molar refractivity (Wildman–Crippen MR) is 133 cm³/mol. The third-order valence-electron chi connectivity index (χ3n) is 7.01. The van der Waals surface area contributed by atoms with Crippen LogP contribution in [0.15, 0.2) is 41.6 Å². The molecular weight excluding hydrogens is 446 g/mol. The van der Waals surface area contributed by atoms with Crippen molar-refractivity contribution in [1.82, 2.24) is 14.9 Å². The lowest BCUT2D eigenvalue weighted by Crippen LogP contribution is -2.52. The molecule has 2 unspecified atom stereocenters. The summed E-state index contributed by atoms with van der Waals surface area (Å²) in [6, 6.07) is 15.1. The van der Waals surface area contributed by atoms with Gasteiger partial charge in [-0.2, -0.15) is 5.26 Å². The number of nitrogens with zero attached hydrogens (tertiary/aromatic N) is 5. The summed E-state index contributed by atoms with van der Waals surface area (Å²) in [4.78, 5) is 13.9. The highest BCUT2D eigenvalue weighted by atomic mass is 32.2. The Morgan fingerprint density at radius 1 is 1.21 bits per heavy atom. The minimum atomic E-state index is -1.29. The van der Waals surface area contributed by atoms with Crippen LogP contribution in [-0.4, -0.2) is 58.1 Å². The number of fused-ring (bicyclic) bond motifs is 2. The average Bonchev–Trinajstić information content (AvgIpc) is 2.84. The van der Waals surface area contributed by atoms with Crippen LogP contribution in [0.1, 0.15) is 34.9 Å². The van der Waals surface area contributed by atoms with E-state index < -0.39 is 10.8 Å². The van der Waals surface area contributed by atoms with Crippen LogP contribution >= 0.6 is 0 Å². The molecule has 1 fully saturated rings. The van der Waals surface area contributed by atoms with Gasteiger partial charge >= 0.3 is 0 Å². The maximum Gasteiger partial charge on any atom is 0.220 e. The first-order valence-corrected chi connectivity index (χ1v) is 13.2. The van der Waals surface area contributed by atoms with E-state index >= 15 is 0 Å². The molecule has 8 heteroatoms. The van der Waals surface area contributed by atoms with Gasteiger partial charge in [0.15, 0.2) is 0 Å². The van der Waals surface area contributed by atoms with E-state index in [4.69, 9.17) is 14.7 Å². The van der Waals surface area contributed by atoms with Crippen molar-refractivity contribution in [1.29, 1.82) is 5.26 Å². The van der Waals surface area contributed by atoms with E-state index in [0.717, 1.165) is 35.7 Å². The third kappa shape index (κ3) is 4.20. The van der Waals surface area contributed by atoms with E-state index in [2.05, 4.69) is 66.2 Å². The molecule has 0 saturated carbocycles. The number of benzene rings is 2. The molecule has 1 aromatic heterocycles. The molecule has 2 aromatic carbocycles. The van der Waals surface area contributed by atoms with Gasteiger partial charge < -0.3 is 9.64 Å². The smallest absolute Gasteiger partial charge is 0.220 e. The van der Waals surface area contributed by atoms with Crippen molar-refractivity contribution < 1.29 is 8.95 Å². The van der Waals surface area contributed by atoms with E-state index in [1.807, 2.05) is 0 Å². The van der Waals surface area contributed by atoms with Crippen LogP contribution in [0.5, 0.6) is 0 Å². The first-order valence-electron chi connectivity index (χ1n) is 11.6. The van der Waals surface area contributed by atoms with Gasteiger partial charge in [-0.3, -0.25) is 9.11 Å². The Kier molecular flexibility index (Phi) is 6.34. The normalized spacial score (nSPS) is 21.8. The molecular formula is C26H29N5O2S. The molecule has 3 atom stereocenters. The van der Waals surface area contributed by atoms with Gasteiger partial charge in [0.05, 0.1) is 41.7 Å². The monoisotopic (exact) mass is 475 g/mol. The van der Waals surface area contributed by atoms with E-state index in [0.29, 0.717) is 31.1 Å². The molecule has 176 valence electrons. The highest BCUT2D eigenvalue weighted by Gasteiger charge is 2.32. The van der Waals surface area contributed by atoms with Gasteiger partial charge in [0.25, 0.3) is 0 Å². The van der Waals surface area contributed by atoms with Gasteiger partial charge in [-0.05, 0) is 35.9 Å². The number of anilines is 1. The summed E-state index contributed by atoms with van der Waals surface area (Å²) >= 11 is 0. The molecule has 0 radical (unpaired) electrons. The first kappa shape index (κ1) is 22.9. The fraction of sp³-hybridized carbons (Fsp3) is 0.423. The van der Waals surface area contributed by atoms with Crippen LogP contribution in [0, 0.1) is 18.3 Å². The molecule has 1 saturated heterocycles. The number of ether oxygens (including phenoxy) is 1. The predicted octanol–water partition coefficient (Wildman–Crippen LogP) is 3.52. The number of nitriles is 1. The topological polar surface area (TPSA) is 82.4 Å². The van der Waals surface area contributed by atoms with Crippen LogP contribution in [0.4, 0.5) is 5.82 Å². The van der Waals surface area contributed by atoms with Crippen LogP contribution in [-0.2, 0) is 28.6 Å². The Bertz CT molecular complexity index is 1300. The van der Waals surface area contributed by atoms with Crippen molar-refractivity contribution in [3.63, 3.8) is 0 Å². The largest absolute Gasteiger partial charge is 0.368 e. The van der Waals surface area contributed by atoms with Gasteiger partial charge in [-0.25, -0.2) is 9.97 Å². The van der Waals surface area contributed by atoms with Crippen LogP contribution < -0.4 is 4.90 Å². The molecule has 0 N–H and O–H groups in total. The highest BCUT2D eigenvalue weighted by molar-refractivity contribution is 7.84. The van der Waals surface area contributed by atoms with Gasteiger partial charge in [0, 0.05) is 43.9 Å². The summed E-state index contributed by atoms with van der Waals surface area (Å²) in [5.74, 6) is 0.804. The van der Waals surface area contributed by atoms with E-state index in [1.165, 1.54) is 16.3 Å². The molecule has 7 nitrogen and oxygen atoms in total. The minimum absolute atomic E-state index is 0.128. The van der Waals surface area contributed by atoms with E-state index in [-0.39, 0.29) is 12.1 Å². The average molecular weight is 476 g/mol. The second-order valence-electron chi connectivity index (χ2n) is 9.18. The zero-order valence-corrected chi connectivity index (χ0v) is 20.6. The Labute approximate surface area is 202 Å². The lowest BCUT2D eigenvalue weighted by Gasteiger charge is -2.40. The molecule has 34 heavy (non-hydrogen) atoms. The van der Waals surface area contributed by atoms with E-state index in [1.54, 1.807) is 6.26 Å². The zero-order valence-electron chi connectivity index (χ0n) is 19.8. The van der Waals surface area contributed by atoms with Crippen LogP contribution in [0.3, 0.4) is 0 Å². The SMILES string of the molecule is Cc1cccc2cccc(C3Cc4nc(S(C)=O)nc(N5CCN(C)[C@@H](CC#N)C5)c4CO3)c12. The summed E-state index contributed by atoms with van der Waals surface area (Å²) in [7, 11) is 0.762. The molecule has 2 aliphatic rings. The highest BCUT2D eigenvalue weighted by Crippen LogP contribution is 2.38. The Balaban J connectivity index is 1.53. The molecule has 3 heterocycles. The Morgan fingerprint density at radius 3 is 2.76 bits per heavy atom. The molecule has 5 rings (SSSR count). The fourth-order valence-corrected chi connectivity index (χ4v) is 5.57. The van der Waals surface area contributed by atoms with Crippen molar-refractivity contribution in [2.24, 2.45) is 0 Å². The second kappa shape index (κ2) is 9.41. The number of hydrogen-bond acceptors (Lipinski definition) is 7. The lowest BCUT2D eigenvalue weighted by atomic mass is 9.92. The second-order valence-corrected chi connectivity index (χ2v) is 10.4. The maximum absolute atomic E-state index is 12.4. The number of piperazine rings is 1. The fourth-order valence-electron chi connectivity index (χ4n) is 5.12. The van der Waals surface area contributed by atoms with Gasteiger partial charge in [0.1, 0.15) is 5.82 Å². The van der Waals surface area contributed by atoms with E-state index in [9.17, 15) is 9.47 Å². The maximum atomic E-state index is 12.4. The standard InChI is InChI=1S/C26H29N5O2S/c1-17-6-4-7-18-8-5-9-20(24(17)18)23-14-22-21(16-33-23)25(29-26(28-22)34(3)32)31-13-12-30(2)19(15-31)10-11-27/h4-9,19,23H,10,12-16H2,1-3H3/t19-,23?,34?/m0/s1. The molecule has 2 aliphatic heterocycles. The number of aromatic nitrogens is 2. The van der Waals surface area contributed by atoms with Crippen molar-refractivity contribution >= 4 is 27.4 Å². The summed E-state index contributed by atoms with van der Waals surface area (Å²) < 4.78 is 18.9. The summed E-state index contributed by atoms with van der Waals surface area (Å²) in [6.45, 7) is 4.88. The van der Waals surface area contributed by atoms with Gasteiger partial charge in [-0.15, -0.1) is 0 Å². The first-order chi connectivity index (χ1) is 16.5. The third-order valence-corrected chi connectivity index (χ3v) is 7.71. The van der Waals surface area contributed by atoms with Crippen LogP contribution in [0.25, 0.3) is 10.8 Å². The zero-order chi connectivity index (χ0) is 23.8. The quantitative estimate of drug-likeness (QED) is 0.534. The summed E-state index contributed by atoms with van der Waals surface area (Å²) in [5, 5.41) is 12.0. The number of likely N-dealkylation sites (N-methyl/N-ethyl adjacent to an activating group) is 1. The molecule has 0 bridgehead atoms. The summed E-state index contributed by atoms with van der Waals surface area (Å²) in [5.41, 5.74) is 4.27. The van der Waals surface area contributed by atoms with Crippen molar-refractivity contribution in [3.8, 4) is 6.07 Å². The van der Waals surface area contributed by atoms with Gasteiger partial charge in [0.2, 0.25) is 5.16 Å².